The molecule has 2 aromatic rings. The Hall–Kier alpha value is -2.69. The highest BCUT2D eigenvalue weighted by molar-refractivity contribution is 6.12. The second-order valence-electron chi connectivity index (χ2n) is 3.99. The topological polar surface area (TPSA) is 88.8 Å². The van der Waals surface area contributed by atoms with E-state index in [1.54, 1.807) is 30.4 Å². The van der Waals surface area contributed by atoms with Crippen LogP contribution >= 0.6 is 0 Å². The van der Waals surface area contributed by atoms with E-state index in [1.807, 2.05) is 0 Å². The van der Waals surface area contributed by atoms with Gasteiger partial charge in [-0.1, -0.05) is 18.2 Å². The fourth-order valence-corrected chi connectivity index (χ4v) is 1.56. The molecular formula is C14H13FN4. The number of benzene rings is 1. The minimum Gasteiger partial charge on any atom is -0.397 e. The highest BCUT2D eigenvalue weighted by atomic mass is 19.1. The molecule has 0 spiro atoms. The highest BCUT2D eigenvalue weighted by Crippen LogP contribution is 2.15. The summed E-state index contributed by atoms with van der Waals surface area (Å²) >= 11 is 0. The third kappa shape index (κ3) is 3.16. The number of nitrogen functional groups attached to an aromatic ring is 2. The van der Waals surface area contributed by atoms with Crippen LogP contribution in [0.5, 0.6) is 0 Å². The molecule has 0 unspecified atom stereocenters. The first kappa shape index (κ1) is 12.8. The summed E-state index contributed by atoms with van der Waals surface area (Å²) in [7, 11) is 0. The fraction of sp³-hybridized carbons (Fsp3) is 0. The number of pyridine rings is 1. The number of nitrogens with two attached hydrogens (primary N) is 2. The number of nitrogens with zero attached hydrogens (tertiary/aromatic N) is 1. The second kappa shape index (κ2) is 5.30. The summed E-state index contributed by atoms with van der Waals surface area (Å²) in [4.78, 5) is 3.84. The largest absolute Gasteiger partial charge is 0.397 e. The van der Waals surface area contributed by atoms with Gasteiger partial charge >= 0.3 is 0 Å². The normalized spacial score (nSPS) is 10.8. The SMILES string of the molecule is N=C(/C=C/c1ccc(F)cc1)c1cc(N)ncc1N. The lowest BCUT2D eigenvalue weighted by Gasteiger charge is -2.04. The molecule has 96 valence electrons. The van der Waals surface area contributed by atoms with E-state index < -0.39 is 0 Å². The zero-order valence-corrected chi connectivity index (χ0v) is 10.1. The quantitative estimate of drug-likeness (QED) is 0.737. The number of hydrogen-bond donors (Lipinski definition) is 3. The number of nitrogens with one attached hydrogen (secondary N) is 1. The summed E-state index contributed by atoms with van der Waals surface area (Å²) in [5, 5.41) is 7.93. The predicted octanol–water partition coefficient (Wildman–Crippen LogP) is 2.47. The molecule has 5 N–H and O–H groups in total. The van der Waals surface area contributed by atoms with E-state index in [4.69, 9.17) is 16.9 Å². The smallest absolute Gasteiger partial charge is 0.124 e. The molecule has 19 heavy (non-hydrogen) atoms. The molecule has 0 bridgehead atoms. The summed E-state index contributed by atoms with van der Waals surface area (Å²) in [5.41, 5.74) is 13.2. The maximum atomic E-state index is 12.7. The lowest BCUT2D eigenvalue weighted by atomic mass is 10.1. The van der Waals surface area contributed by atoms with Crippen molar-refractivity contribution in [1.82, 2.24) is 4.98 Å². The van der Waals surface area contributed by atoms with Gasteiger partial charge in [-0.15, -0.1) is 0 Å². The molecule has 1 heterocycles. The molecule has 0 saturated carbocycles. The summed E-state index contributed by atoms with van der Waals surface area (Å²) in [6.07, 6.45) is 4.71. The lowest BCUT2D eigenvalue weighted by Crippen LogP contribution is -2.03. The van der Waals surface area contributed by atoms with Gasteiger partial charge in [0.05, 0.1) is 17.6 Å². The zero-order chi connectivity index (χ0) is 13.8. The van der Waals surface area contributed by atoms with Crippen molar-refractivity contribution in [3.05, 3.63) is 59.5 Å². The molecule has 0 radical (unpaired) electrons. The van der Waals surface area contributed by atoms with Gasteiger partial charge in [0.1, 0.15) is 11.6 Å². The Balaban J connectivity index is 2.21. The minimum atomic E-state index is -0.293. The number of aromatic nitrogens is 1. The van der Waals surface area contributed by atoms with Gasteiger partial charge in [-0.3, -0.25) is 0 Å². The second-order valence-corrected chi connectivity index (χ2v) is 3.99. The Morgan fingerprint density at radius 2 is 1.89 bits per heavy atom. The van der Waals surface area contributed by atoms with Gasteiger partial charge < -0.3 is 16.9 Å². The van der Waals surface area contributed by atoms with Crippen LogP contribution in [-0.2, 0) is 0 Å². The fourth-order valence-electron chi connectivity index (χ4n) is 1.56. The first-order valence-electron chi connectivity index (χ1n) is 5.60. The van der Waals surface area contributed by atoms with Crippen LogP contribution in [0.25, 0.3) is 6.08 Å². The number of allylic oxidation sites excluding steroid dienone is 1. The van der Waals surface area contributed by atoms with Crippen LogP contribution in [0.1, 0.15) is 11.1 Å². The van der Waals surface area contributed by atoms with Crippen LogP contribution < -0.4 is 11.5 Å². The molecule has 0 aliphatic rings. The van der Waals surface area contributed by atoms with Gasteiger partial charge in [-0.05, 0) is 29.8 Å². The van der Waals surface area contributed by atoms with Crippen molar-refractivity contribution in [2.45, 2.75) is 0 Å². The monoisotopic (exact) mass is 256 g/mol. The maximum Gasteiger partial charge on any atom is 0.124 e. The Kier molecular flexibility index (Phi) is 3.56. The molecular weight excluding hydrogens is 243 g/mol. The van der Waals surface area contributed by atoms with Crippen LogP contribution in [-0.4, -0.2) is 10.7 Å². The number of halogens is 1. The van der Waals surface area contributed by atoms with E-state index in [1.165, 1.54) is 18.3 Å². The Morgan fingerprint density at radius 3 is 2.58 bits per heavy atom. The molecule has 1 aromatic heterocycles. The standard InChI is InChI=1S/C14H13FN4/c15-10-4-1-9(2-5-10)3-6-12(16)11-7-14(18)19-8-13(11)17/h1-8,16H,17H2,(H2,18,19)/b6-3+,16-12?. The lowest BCUT2D eigenvalue weighted by molar-refractivity contribution is 0.628. The van der Waals surface area contributed by atoms with E-state index in [0.717, 1.165) is 5.56 Å². The number of hydrogen-bond acceptors (Lipinski definition) is 4. The van der Waals surface area contributed by atoms with Crippen LogP contribution in [0.2, 0.25) is 0 Å². The van der Waals surface area contributed by atoms with Crippen molar-refractivity contribution < 1.29 is 4.39 Å². The van der Waals surface area contributed by atoms with Crippen molar-refractivity contribution in [1.29, 1.82) is 5.41 Å². The van der Waals surface area contributed by atoms with Crippen LogP contribution in [0.4, 0.5) is 15.9 Å². The van der Waals surface area contributed by atoms with Gasteiger partial charge in [0, 0.05) is 5.56 Å². The number of rotatable bonds is 3. The van der Waals surface area contributed by atoms with Crippen molar-refractivity contribution in [2.75, 3.05) is 11.5 Å². The molecule has 4 nitrogen and oxygen atoms in total. The van der Waals surface area contributed by atoms with Crippen molar-refractivity contribution in [2.24, 2.45) is 0 Å². The van der Waals surface area contributed by atoms with E-state index in [0.29, 0.717) is 17.1 Å². The van der Waals surface area contributed by atoms with E-state index in [2.05, 4.69) is 4.98 Å². The molecule has 1 aromatic carbocycles. The third-order valence-corrected chi connectivity index (χ3v) is 2.56. The summed E-state index contributed by atoms with van der Waals surface area (Å²) < 4.78 is 12.7. The maximum absolute atomic E-state index is 12.7. The van der Waals surface area contributed by atoms with Gasteiger partial charge in [-0.25, -0.2) is 9.37 Å². The zero-order valence-electron chi connectivity index (χ0n) is 10.1. The minimum absolute atomic E-state index is 0.218. The molecule has 0 fully saturated rings. The molecule has 0 atom stereocenters. The molecule has 0 aliphatic heterocycles. The van der Waals surface area contributed by atoms with Crippen LogP contribution in [0, 0.1) is 11.2 Å². The van der Waals surface area contributed by atoms with Gasteiger partial charge in [-0.2, -0.15) is 0 Å². The molecule has 0 amide bonds. The van der Waals surface area contributed by atoms with E-state index in [-0.39, 0.29) is 11.5 Å². The molecule has 0 aliphatic carbocycles. The molecule has 5 heteroatoms. The summed E-state index contributed by atoms with van der Waals surface area (Å²) in [6, 6.07) is 7.53. The summed E-state index contributed by atoms with van der Waals surface area (Å²) in [6.45, 7) is 0. The highest BCUT2D eigenvalue weighted by Gasteiger charge is 2.04. The van der Waals surface area contributed by atoms with Crippen LogP contribution in [0.15, 0.2) is 42.6 Å². The molecule has 2 rings (SSSR count). The first-order valence-corrected chi connectivity index (χ1v) is 5.60. The van der Waals surface area contributed by atoms with Gasteiger partial charge in [0.25, 0.3) is 0 Å². The summed E-state index contributed by atoms with van der Waals surface area (Å²) in [5.74, 6) is 0.0162. The van der Waals surface area contributed by atoms with Gasteiger partial charge in [0.15, 0.2) is 0 Å². The predicted molar refractivity (Wildman–Crippen MR) is 75.3 cm³/mol. The van der Waals surface area contributed by atoms with E-state index in [9.17, 15) is 4.39 Å². The van der Waals surface area contributed by atoms with E-state index >= 15 is 0 Å². The average molecular weight is 256 g/mol. The molecule has 0 saturated heterocycles. The van der Waals surface area contributed by atoms with Crippen molar-refractivity contribution in [3.8, 4) is 0 Å². The van der Waals surface area contributed by atoms with Crippen LogP contribution in [0.3, 0.4) is 0 Å². The third-order valence-electron chi connectivity index (χ3n) is 2.56. The first-order chi connectivity index (χ1) is 9.06. The number of anilines is 2. The van der Waals surface area contributed by atoms with Crippen molar-refractivity contribution >= 4 is 23.3 Å². The van der Waals surface area contributed by atoms with Gasteiger partial charge in [0.2, 0.25) is 0 Å². The Bertz CT molecular complexity index is 632. The Labute approximate surface area is 110 Å². The van der Waals surface area contributed by atoms with Crippen molar-refractivity contribution in [3.63, 3.8) is 0 Å². The Morgan fingerprint density at radius 1 is 1.21 bits per heavy atom. The average Bonchev–Trinajstić information content (AvgIpc) is 2.40.